The second-order valence-electron chi connectivity index (χ2n) is 4.94. The fourth-order valence-corrected chi connectivity index (χ4v) is 4.06. The molecular weight excluding hydrogens is 244 g/mol. The minimum absolute atomic E-state index is 0.158. The van der Waals surface area contributed by atoms with Crippen LogP contribution < -0.4 is 10.6 Å². The number of nitrogens with two attached hydrogens (primary N) is 1. The standard InChI is InChI=1S/C14H18N2OS/c15-11-4-3-5-12-10(11)7-8-16(12)14(17)13-6-1-2-9-18-13/h3-5,13H,1-2,6-9,15H2. The van der Waals surface area contributed by atoms with Gasteiger partial charge in [0.15, 0.2) is 0 Å². The Kier molecular flexibility index (Phi) is 3.20. The van der Waals surface area contributed by atoms with Crippen LogP contribution in [0.2, 0.25) is 0 Å². The molecule has 1 saturated heterocycles. The third-order valence-corrected chi connectivity index (χ3v) is 5.15. The van der Waals surface area contributed by atoms with Crippen molar-refractivity contribution in [3.63, 3.8) is 0 Å². The predicted molar refractivity (Wildman–Crippen MR) is 77.0 cm³/mol. The van der Waals surface area contributed by atoms with Crippen molar-refractivity contribution in [2.75, 3.05) is 22.9 Å². The molecule has 0 radical (unpaired) electrons. The summed E-state index contributed by atoms with van der Waals surface area (Å²) in [6.45, 7) is 0.791. The number of fused-ring (bicyclic) bond motifs is 1. The third-order valence-electron chi connectivity index (χ3n) is 3.78. The van der Waals surface area contributed by atoms with Gasteiger partial charge in [-0.3, -0.25) is 4.79 Å². The van der Waals surface area contributed by atoms with E-state index < -0.39 is 0 Å². The van der Waals surface area contributed by atoms with Gasteiger partial charge in [0.1, 0.15) is 0 Å². The Morgan fingerprint density at radius 2 is 2.28 bits per heavy atom. The topological polar surface area (TPSA) is 46.3 Å². The highest BCUT2D eigenvalue weighted by Crippen LogP contribution is 2.35. The van der Waals surface area contributed by atoms with E-state index in [0.29, 0.717) is 0 Å². The number of nitrogens with zero attached hydrogens (tertiary/aromatic N) is 1. The van der Waals surface area contributed by atoms with Gasteiger partial charge in [0, 0.05) is 23.5 Å². The van der Waals surface area contributed by atoms with Crippen LogP contribution in [-0.2, 0) is 11.2 Å². The van der Waals surface area contributed by atoms with Gasteiger partial charge in [0.05, 0.1) is 5.25 Å². The van der Waals surface area contributed by atoms with E-state index in [9.17, 15) is 4.79 Å². The molecule has 1 aromatic carbocycles. The molecule has 4 heteroatoms. The lowest BCUT2D eigenvalue weighted by molar-refractivity contribution is -0.118. The fraction of sp³-hybridized carbons (Fsp3) is 0.500. The lowest BCUT2D eigenvalue weighted by atomic mass is 10.1. The fourth-order valence-electron chi connectivity index (χ4n) is 2.80. The van der Waals surface area contributed by atoms with Crippen LogP contribution in [0.25, 0.3) is 0 Å². The maximum Gasteiger partial charge on any atom is 0.240 e. The van der Waals surface area contributed by atoms with Crippen LogP contribution in [0.5, 0.6) is 0 Å². The average molecular weight is 262 g/mol. The van der Waals surface area contributed by atoms with Gasteiger partial charge in [-0.2, -0.15) is 0 Å². The van der Waals surface area contributed by atoms with E-state index in [1.165, 1.54) is 12.8 Å². The molecule has 2 N–H and O–H groups in total. The summed E-state index contributed by atoms with van der Waals surface area (Å²) in [4.78, 5) is 14.5. The number of benzene rings is 1. The van der Waals surface area contributed by atoms with Gasteiger partial charge in [0.25, 0.3) is 0 Å². The number of anilines is 2. The van der Waals surface area contributed by atoms with Crippen LogP contribution >= 0.6 is 11.8 Å². The van der Waals surface area contributed by atoms with Gasteiger partial charge in [0.2, 0.25) is 5.91 Å². The van der Waals surface area contributed by atoms with Gasteiger partial charge >= 0.3 is 0 Å². The lowest BCUT2D eigenvalue weighted by Crippen LogP contribution is -2.37. The molecule has 18 heavy (non-hydrogen) atoms. The smallest absolute Gasteiger partial charge is 0.240 e. The average Bonchev–Trinajstić information content (AvgIpc) is 2.84. The van der Waals surface area contributed by atoms with Crippen molar-refractivity contribution in [1.29, 1.82) is 0 Å². The minimum Gasteiger partial charge on any atom is -0.398 e. The van der Waals surface area contributed by atoms with Gasteiger partial charge in [-0.25, -0.2) is 0 Å². The molecular formula is C14H18N2OS. The summed E-state index contributed by atoms with van der Waals surface area (Å²) in [5.41, 5.74) is 8.97. The molecule has 1 amide bonds. The first-order valence-electron chi connectivity index (χ1n) is 6.58. The summed E-state index contributed by atoms with van der Waals surface area (Å²) in [5, 5.41) is 0.158. The van der Waals surface area contributed by atoms with Crippen LogP contribution in [-0.4, -0.2) is 23.5 Å². The molecule has 0 saturated carbocycles. The lowest BCUT2D eigenvalue weighted by Gasteiger charge is -2.26. The molecule has 2 aliphatic rings. The van der Waals surface area contributed by atoms with E-state index >= 15 is 0 Å². The number of amides is 1. The van der Waals surface area contributed by atoms with Crippen LogP contribution in [0, 0.1) is 0 Å². The van der Waals surface area contributed by atoms with E-state index in [1.54, 1.807) is 0 Å². The molecule has 1 unspecified atom stereocenters. The second kappa shape index (κ2) is 4.84. The molecule has 3 nitrogen and oxygen atoms in total. The van der Waals surface area contributed by atoms with Crippen molar-refractivity contribution in [3.05, 3.63) is 23.8 Å². The molecule has 0 aromatic heterocycles. The quantitative estimate of drug-likeness (QED) is 0.791. The summed E-state index contributed by atoms with van der Waals surface area (Å²) in [7, 11) is 0. The molecule has 1 aromatic rings. The Labute approximate surface area is 112 Å². The molecule has 96 valence electrons. The minimum atomic E-state index is 0.158. The molecule has 2 aliphatic heterocycles. The zero-order valence-electron chi connectivity index (χ0n) is 10.4. The highest BCUT2D eigenvalue weighted by molar-refractivity contribution is 8.00. The highest BCUT2D eigenvalue weighted by atomic mass is 32.2. The number of nitrogen functional groups attached to an aromatic ring is 1. The number of carbonyl (C=O) groups excluding carboxylic acids is 1. The Morgan fingerprint density at radius 1 is 1.39 bits per heavy atom. The molecule has 3 rings (SSSR count). The molecule has 0 bridgehead atoms. The number of carbonyl (C=O) groups is 1. The molecule has 2 heterocycles. The van der Waals surface area contributed by atoms with Gasteiger partial charge < -0.3 is 10.6 Å². The zero-order valence-corrected chi connectivity index (χ0v) is 11.2. The van der Waals surface area contributed by atoms with Crippen LogP contribution in [0.15, 0.2) is 18.2 Å². The Hall–Kier alpha value is -1.16. The van der Waals surface area contributed by atoms with Gasteiger partial charge in [-0.15, -0.1) is 11.8 Å². The molecule has 0 spiro atoms. The first kappa shape index (κ1) is 11.9. The molecule has 1 fully saturated rings. The van der Waals surface area contributed by atoms with E-state index in [1.807, 2.05) is 34.9 Å². The number of rotatable bonds is 1. The number of hydrogen-bond donors (Lipinski definition) is 1. The van der Waals surface area contributed by atoms with Gasteiger partial charge in [-0.05, 0) is 37.1 Å². The summed E-state index contributed by atoms with van der Waals surface area (Å²) in [6, 6.07) is 5.88. The maximum atomic E-state index is 12.5. The van der Waals surface area contributed by atoms with Crippen molar-refractivity contribution < 1.29 is 4.79 Å². The first-order chi connectivity index (χ1) is 8.77. The largest absolute Gasteiger partial charge is 0.398 e. The Bertz CT molecular complexity index is 469. The van der Waals surface area contributed by atoms with Crippen molar-refractivity contribution in [2.24, 2.45) is 0 Å². The SMILES string of the molecule is Nc1cccc2c1CCN2C(=O)C1CCCCS1. The monoisotopic (exact) mass is 262 g/mol. The normalized spacial score (nSPS) is 22.9. The predicted octanol–water partition coefficient (Wildman–Crippen LogP) is 2.44. The third kappa shape index (κ3) is 1.99. The van der Waals surface area contributed by atoms with Crippen molar-refractivity contribution in [1.82, 2.24) is 0 Å². The highest BCUT2D eigenvalue weighted by Gasteiger charge is 2.31. The molecule has 0 aliphatic carbocycles. The van der Waals surface area contributed by atoms with Crippen molar-refractivity contribution >= 4 is 29.0 Å². The summed E-state index contributed by atoms with van der Waals surface area (Å²) < 4.78 is 0. The van der Waals surface area contributed by atoms with E-state index in [0.717, 1.165) is 42.1 Å². The second-order valence-corrected chi connectivity index (χ2v) is 6.25. The number of hydrogen-bond acceptors (Lipinski definition) is 3. The Morgan fingerprint density at radius 3 is 3.06 bits per heavy atom. The Balaban J connectivity index is 1.83. The summed E-state index contributed by atoms with van der Waals surface area (Å²) >= 11 is 1.81. The number of thioether (sulfide) groups is 1. The summed E-state index contributed by atoms with van der Waals surface area (Å²) in [6.07, 6.45) is 4.35. The summed E-state index contributed by atoms with van der Waals surface area (Å²) in [5.74, 6) is 1.40. The molecule has 1 atom stereocenters. The van der Waals surface area contributed by atoms with Crippen LogP contribution in [0.4, 0.5) is 11.4 Å². The van der Waals surface area contributed by atoms with E-state index in [4.69, 9.17) is 5.73 Å². The maximum absolute atomic E-state index is 12.5. The first-order valence-corrected chi connectivity index (χ1v) is 7.62. The van der Waals surface area contributed by atoms with Gasteiger partial charge in [-0.1, -0.05) is 12.5 Å². The zero-order chi connectivity index (χ0) is 12.5. The van der Waals surface area contributed by atoms with Crippen molar-refractivity contribution in [3.8, 4) is 0 Å². The van der Waals surface area contributed by atoms with Crippen LogP contribution in [0.3, 0.4) is 0 Å². The van der Waals surface area contributed by atoms with Crippen molar-refractivity contribution in [2.45, 2.75) is 30.9 Å². The van der Waals surface area contributed by atoms with E-state index in [2.05, 4.69) is 0 Å². The van der Waals surface area contributed by atoms with Crippen LogP contribution in [0.1, 0.15) is 24.8 Å². The van der Waals surface area contributed by atoms with E-state index in [-0.39, 0.29) is 11.2 Å².